The average Bonchev–Trinajstić information content (AvgIpc) is 1.57. The Kier molecular flexibility index (Phi) is 34.1. The van der Waals surface area contributed by atoms with Crippen molar-refractivity contribution >= 4 is 85.8 Å². The lowest BCUT2D eigenvalue weighted by Gasteiger charge is -2.32. The van der Waals surface area contributed by atoms with Crippen molar-refractivity contribution in [2.45, 2.75) is 224 Å². The number of likely N-dealkylation sites (N-methyl/N-ethyl adjacent to an activating group) is 6. The number of imidazole rings is 4. The Morgan fingerprint density at radius 1 is 0.436 bits per heavy atom. The highest BCUT2D eigenvalue weighted by Crippen LogP contribution is 2.46. The molecule has 1 aliphatic carbocycles. The Morgan fingerprint density at radius 3 is 1.00 bits per heavy atom. The van der Waals surface area contributed by atoms with E-state index in [-0.39, 0.29) is 60.3 Å². The van der Waals surface area contributed by atoms with Crippen LogP contribution in [-0.4, -0.2) is 271 Å². The minimum atomic E-state index is -4.12. The van der Waals surface area contributed by atoms with E-state index >= 15 is 0 Å². The molecule has 1 fully saturated rings. The zero-order valence-corrected chi connectivity index (χ0v) is 87.1. The van der Waals surface area contributed by atoms with Crippen LogP contribution in [0.1, 0.15) is 175 Å². The van der Waals surface area contributed by atoms with Gasteiger partial charge in [-0.3, -0.25) is 38.4 Å². The summed E-state index contributed by atoms with van der Waals surface area (Å²) in [6.45, 7) is 31.0. The van der Waals surface area contributed by atoms with Crippen molar-refractivity contribution in [2.75, 3.05) is 89.9 Å². The number of H-pyrrole nitrogens is 4. The summed E-state index contributed by atoms with van der Waals surface area (Å²) in [5.41, 5.74) is -0.541. The molecule has 4 aromatic carbocycles. The first-order chi connectivity index (χ1) is 65.7. The number of carbonyl (C=O) groups excluding carboxylic acids is 4. The average molecular weight is 2020 g/mol. The molecule has 44 nitrogen and oxygen atoms in total. The SMILES string of the molecule is CCCc1nc(C)c2c(=O)[nH]c(-c3cc(S(=O)(=O)N(C)C(C)(C)C(=O)NC)ccc3OCC)nn12.CCCc1nc(C)c2c(=O)[nH]c(-c3cc(S(=O)(=O)N(C)C4(C(=O)N(C)C)CC4)ccc3OCC)nn12.CCCc1nc(C)c2c(=O)[nH]c(-c3cc(S(=O)(=O)NC(C)(C)C(=O)N(C)C)ccc3OCC)nn12.CCCc1nc(C)c2c(=O)[nH]c(-c3cc(S(=O)(=O)NC(C)C(=O)N(C)C)ccc3OCC)nn12. The van der Waals surface area contributed by atoms with E-state index in [4.69, 9.17) is 18.9 Å². The number of hydrogen-bond acceptors (Lipinski definition) is 28. The number of sulfonamides is 4. The third-order valence-electron chi connectivity index (χ3n) is 23.0. The number of nitrogens with one attached hydrogen (secondary N) is 7. The van der Waals surface area contributed by atoms with Gasteiger partial charge in [0, 0.05) is 89.1 Å². The second kappa shape index (κ2) is 43.8. The maximum absolute atomic E-state index is 13.6. The van der Waals surface area contributed by atoms with Crippen LogP contribution in [0.25, 0.3) is 67.6 Å². The van der Waals surface area contributed by atoms with Crippen molar-refractivity contribution in [3.05, 3.63) is 160 Å². The molecule has 7 N–H and O–H groups in total. The van der Waals surface area contributed by atoms with Gasteiger partial charge in [0.15, 0.2) is 45.4 Å². The first-order valence-electron chi connectivity index (χ1n) is 45.6. The molecule has 1 atom stereocenters. The van der Waals surface area contributed by atoms with E-state index in [1.165, 1.54) is 155 Å². The lowest BCUT2D eigenvalue weighted by Crippen LogP contribution is -2.54. The first kappa shape index (κ1) is 109. The second-order valence-corrected chi connectivity index (χ2v) is 42.2. The van der Waals surface area contributed by atoms with Gasteiger partial charge in [-0.2, -0.15) is 18.1 Å². The van der Waals surface area contributed by atoms with Crippen LogP contribution >= 0.6 is 0 Å². The van der Waals surface area contributed by atoms with E-state index in [1.807, 2.05) is 34.6 Å². The predicted molar refractivity (Wildman–Crippen MR) is 526 cm³/mol. The fourth-order valence-electron chi connectivity index (χ4n) is 15.8. The number of fused-ring (bicyclic) bond motifs is 4. The molecule has 1 saturated carbocycles. The third kappa shape index (κ3) is 22.7. The molecule has 758 valence electrons. The molecule has 0 saturated heterocycles. The normalized spacial score (nSPS) is 13.0. The van der Waals surface area contributed by atoms with Crippen molar-refractivity contribution in [1.82, 2.24) is 116 Å². The first-order valence-corrected chi connectivity index (χ1v) is 51.5. The van der Waals surface area contributed by atoms with Gasteiger partial charge < -0.3 is 58.9 Å². The molecule has 12 aromatic rings. The van der Waals surface area contributed by atoms with Gasteiger partial charge >= 0.3 is 0 Å². The number of ether oxygens (including phenoxy) is 4. The maximum atomic E-state index is 13.6. The Labute approximate surface area is 812 Å². The van der Waals surface area contributed by atoms with Crippen molar-refractivity contribution < 1.29 is 71.8 Å². The molecule has 0 aliphatic heterocycles. The largest absolute Gasteiger partial charge is 0.493 e. The summed E-state index contributed by atoms with van der Waals surface area (Å²) < 4.78 is 143. The molecule has 48 heteroatoms. The zero-order valence-electron chi connectivity index (χ0n) is 83.8. The van der Waals surface area contributed by atoms with E-state index in [0.29, 0.717) is 178 Å². The molecular weight excluding hydrogens is 1890 g/mol. The van der Waals surface area contributed by atoms with Crippen LogP contribution in [0.4, 0.5) is 0 Å². The van der Waals surface area contributed by atoms with Gasteiger partial charge in [0.25, 0.3) is 22.2 Å². The highest BCUT2D eigenvalue weighted by Gasteiger charge is 2.58. The molecule has 0 radical (unpaired) electrons. The van der Waals surface area contributed by atoms with Gasteiger partial charge in [-0.05, 0) is 201 Å². The maximum Gasteiger partial charge on any atom is 0.277 e. The Morgan fingerprint density at radius 2 is 0.729 bits per heavy atom. The third-order valence-corrected chi connectivity index (χ3v) is 30.1. The number of aromatic amines is 4. The van der Waals surface area contributed by atoms with E-state index in [2.05, 4.69) is 75.0 Å². The summed E-state index contributed by atoms with van der Waals surface area (Å²) in [5.74, 6) is 3.11. The van der Waals surface area contributed by atoms with E-state index in [1.54, 1.807) is 96.8 Å². The number of benzene rings is 4. The van der Waals surface area contributed by atoms with Crippen LogP contribution < -0.4 is 55.9 Å². The topological polar surface area (TPSA) is 546 Å². The summed E-state index contributed by atoms with van der Waals surface area (Å²) in [7, 11) is -2.68. The van der Waals surface area contributed by atoms with Gasteiger partial charge in [-0.1, -0.05) is 27.7 Å². The zero-order chi connectivity index (χ0) is 104. The van der Waals surface area contributed by atoms with Gasteiger partial charge in [0.1, 0.15) is 62.9 Å². The number of aryl methyl sites for hydroxylation is 8. The molecule has 140 heavy (non-hydrogen) atoms. The smallest absolute Gasteiger partial charge is 0.277 e. The van der Waals surface area contributed by atoms with E-state index in [0.717, 1.165) is 34.3 Å². The van der Waals surface area contributed by atoms with Crippen molar-refractivity contribution in [1.29, 1.82) is 0 Å². The lowest BCUT2D eigenvalue weighted by molar-refractivity contribution is -0.134. The fraction of sp³-hybridized carbons (Fsp3) is 0.478. The molecule has 1 aliphatic rings. The van der Waals surface area contributed by atoms with E-state index in [9.17, 15) is 72.0 Å². The summed E-state index contributed by atoms with van der Waals surface area (Å²) in [4.78, 5) is 134. The summed E-state index contributed by atoms with van der Waals surface area (Å²) in [6, 6.07) is 16.3. The number of rotatable bonds is 36. The lowest BCUT2D eigenvalue weighted by atomic mass is 10.1. The minimum Gasteiger partial charge on any atom is -0.493 e. The quantitative estimate of drug-likeness (QED) is 0.0203. The molecule has 8 heterocycles. The van der Waals surface area contributed by atoms with Crippen LogP contribution in [-0.2, 0) is 85.0 Å². The predicted octanol–water partition coefficient (Wildman–Crippen LogP) is 7.26. The van der Waals surface area contributed by atoms with Gasteiger partial charge in [-0.25, -0.2) is 71.7 Å². The summed E-state index contributed by atoms with van der Waals surface area (Å²) in [6.07, 6.45) is 6.67. The number of amides is 4. The standard InChI is InChI=1S/C24H32N6O5S.2C23H32N6O5S.C22H30N6O5S/c1-7-9-19-25-15(3)20-22(31)26-21(27-30(19)20)17-14-16(10-11-18(17)35-8-2)36(33,34)29(6)24(12-13-24)23(32)28(4)5;1-8-10-18-24-14(3)19-21(30)25-20(26-29(18)19)16-13-15(11-12-17(16)34-9-2)35(32,33)27-23(4,5)22(31)28(6)7;1-8-10-18-25-14(3)19-21(30)26-20(27-29(18)19)16-13-15(11-12-17(16)34-9-2)35(32,33)28(7)23(4,5)22(31)24-6;1-7-9-18-23-13(3)19-21(29)24-20(25-28(18)19)16-12-15(10-11-17(16)33-8-2)34(31,32)26-14(4)22(30)27(5)6/h10-11,14H,7-9,12-13H2,1-6H3,(H,26,27,31);11-13,27H,8-10H2,1-7H3,(H,25,26,30);11-13H,8-10H2,1-7H3,(H,24,31)(H,26,27,30);10-12,14,26H,7-9H2,1-6H3,(H,24,25,29). The molecule has 0 spiro atoms. The molecular formula is C92H126N24O20S4. The van der Waals surface area contributed by atoms with E-state index < -0.39 is 91.2 Å². The monoisotopic (exact) mass is 2010 g/mol. The number of carbonyl (C=O) groups is 4. The van der Waals surface area contributed by atoms with Crippen LogP contribution in [0.3, 0.4) is 0 Å². The van der Waals surface area contributed by atoms with Crippen LogP contribution in [0.2, 0.25) is 0 Å². The fourth-order valence-corrected chi connectivity index (χ4v) is 21.4. The highest BCUT2D eigenvalue weighted by molar-refractivity contribution is 7.90. The molecule has 1 unspecified atom stereocenters. The molecule has 0 bridgehead atoms. The molecule has 4 amide bonds. The van der Waals surface area contributed by atoms with Crippen LogP contribution in [0.5, 0.6) is 23.0 Å². The minimum absolute atomic E-state index is 0.0281. The van der Waals surface area contributed by atoms with Crippen LogP contribution in [0, 0.1) is 27.7 Å². The van der Waals surface area contributed by atoms with Crippen molar-refractivity contribution in [3.8, 4) is 68.5 Å². The number of aromatic nitrogens is 16. The van der Waals surface area contributed by atoms with Gasteiger partial charge in [0.05, 0.1) is 97.1 Å². The van der Waals surface area contributed by atoms with Gasteiger partial charge in [-0.15, -0.1) is 20.4 Å². The summed E-state index contributed by atoms with van der Waals surface area (Å²) >= 11 is 0. The Bertz CT molecular complexity index is 7450. The Balaban J connectivity index is 0.000000192. The Hall–Kier alpha value is -13.0. The van der Waals surface area contributed by atoms with Crippen molar-refractivity contribution in [3.63, 3.8) is 0 Å². The number of nitrogens with zero attached hydrogens (tertiary/aromatic N) is 17. The molecule has 13 rings (SSSR count). The van der Waals surface area contributed by atoms with Crippen molar-refractivity contribution in [2.24, 2.45) is 0 Å². The second-order valence-electron chi connectivity index (χ2n) is 34.9. The molecule has 8 aromatic heterocycles. The summed E-state index contributed by atoms with van der Waals surface area (Å²) in [5, 5.41) is 20.8. The van der Waals surface area contributed by atoms with Crippen LogP contribution in [0.15, 0.2) is 112 Å². The number of hydrogen-bond donors (Lipinski definition) is 7. The highest BCUT2D eigenvalue weighted by atomic mass is 32.2. The van der Waals surface area contributed by atoms with Gasteiger partial charge in [0.2, 0.25) is 63.7 Å².